The van der Waals surface area contributed by atoms with E-state index < -0.39 is 5.91 Å². The molecular weight excluding hydrogens is 542 g/mol. The van der Waals surface area contributed by atoms with Crippen molar-refractivity contribution in [2.45, 2.75) is 58.0 Å². The van der Waals surface area contributed by atoms with E-state index in [-0.39, 0.29) is 34.9 Å². The lowest BCUT2D eigenvalue weighted by molar-refractivity contribution is 0.0923. The van der Waals surface area contributed by atoms with Gasteiger partial charge in [-0.05, 0) is 62.1 Å². The first-order valence-electron chi connectivity index (χ1n) is 15.0. The lowest BCUT2D eigenvalue weighted by atomic mass is 9.86. The first kappa shape index (κ1) is 30.2. The number of likely N-dealkylation sites (N-methyl/N-ethyl adjacent to an activating group) is 1. The number of rotatable bonds is 7. The summed E-state index contributed by atoms with van der Waals surface area (Å²) in [5, 5.41) is 6.38. The fourth-order valence-corrected chi connectivity index (χ4v) is 5.65. The summed E-state index contributed by atoms with van der Waals surface area (Å²) < 4.78 is 0. The molecule has 2 aromatic heterocycles. The second-order valence-corrected chi connectivity index (χ2v) is 12.6. The zero-order valence-electron chi connectivity index (χ0n) is 25.8. The zero-order chi connectivity index (χ0) is 30.7. The lowest BCUT2D eigenvalue weighted by Gasteiger charge is -2.40. The molecule has 3 aromatic rings. The molecule has 4 heterocycles. The third kappa shape index (κ3) is 7.05. The number of nitrogens with one attached hydrogen (secondary N) is 2. The van der Waals surface area contributed by atoms with Crippen molar-refractivity contribution in [2.24, 2.45) is 5.73 Å². The number of carbonyl (C=O) groups excluding carboxylic acids is 2. The summed E-state index contributed by atoms with van der Waals surface area (Å²) >= 11 is 0. The van der Waals surface area contributed by atoms with Gasteiger partial charge in [0.15, 0.2) is 11.5 Å². The van der Waals surface area contributed by atoms with E-state index in [1.165, 1.54) is 5.56 Å². The van der Waals surface area contributed by atoms with E-state index in [2.05, 4.69) is 70.0 Å². The number of nitrogens with zero attached hydrogens (tertiary/aromatic N) is 6. The largest absolute Gasteiger partial charge is 0.368 e. The van der Waals surface area contributed by atoms with Crippen molar-refractivity contribution in [3.05, 3.63) is 65.6 Å². The molecular formula is C32H43N9O2. The molecule has 0 radical (unpaired) electrons. The van der Waals surface area contributed by atoms with Crippen molar-refractivity contribution in [3.8, 4) is 0 Å². The summed E-state index contributed by atoms with van der Waals surface area (Å²) in [7, 11) is 2.13. The highest BCUT2D eigenvalue weighted by atomic mass is 16.2. The standard InChI is InChI=1S/C32H43N9O2/c1-21-25(36-31(43)22-8-10-23(11-9-22)32(2,3)4)7-6-14-41(21)27-20-35-28(29(33)42)30(38-27)37-26-13-12-24(19-34-26)40-17-15-39(5)16-18-40/h8-13,19-21,25H,6-7,14-18H2,1-5H3,(H2,33,42)(H,36,43)(H,34,37,38)/t21-,25-/m1/s1. The monoisotopic (exact) mass is 585 g/mol. The quantitative estimate of drug-likeness (QED) is 0.381. The Kier molecular flexibility index (Phi) is 8.82. The second kappa shape index (κ2) is 12.5. The van der Waals surface area contributed by atoms with Crippen molar-refractivity contribution in [1.82, 2.24) is 25.2 Å². The van der Waals surface area contributed by atoms with Gasteiger partial charge in [-0.25, -0.2) is 15.0 Å². The average molecular weight is 586 g/mol. The molecule has 5 rings (SSSR count). The number of aromatic nitrogens is 3. The molecule has 11 nitrogen and oxygen atoms in total. The van der Waals surface area contributed by atoms with E-state index in [1.807, 2.05) is 42.6 Å². The normalized spacial score (nSPS) is 19.7. The molecule has 2 aliphatic rings. The summed E-state index contributed by atoms with van der Waals surface area (Å²) in [6.45, 7) is 13.2. The van der Waals surface area contributed by atoms with E-state index >= 15 is 0 Å². The predicted octanol–water partition coefficient (Wildman–Crippen LogP) is 3.55. The van der Waals surface area contributed by atoms with Gasteiger partial charge in [-0.15, -0.1) is 0 Å². The number of hydrogen-bond donors (Lipinski definition) is 3. The molecule has 2 amide bonds. The van der Waals surface area contributed by atoms with Crippen LogP contribution in [0.3, 0.4) is 0 Å². The molecule has 2 aliphatic heterocycles. The highest BCUT2D eigenvalue weighted by molar-refractivity contribution is 5.96. The molecule has 228 valence electrons. The van der Waals surface area contributed by atoms with Gasteiger partial charge in [0.1, 0.15) is 11.6 Å². The number of nitrogens with two attached hydrogens (primary N) is 1. The van der Waals surface area contributed by atoms with Gasteiger partial charge < -0.3 is 31.1 Å². The average Bonchev–Trinajstić information content (AvgIpc) is 2.98. The van der Waals surface area contributed by atoms with Crippen molar-refractivity contribution >= 4 is 35.0 Å². The van der Waals surface area contributed by atoms with E-state index in [1.54, 1.807) is 6.20 Å². The summed E-state index contributed by atoms with van der Waals surface area (Å²) in [5.41, 5.74) is 8.59. The fourth-order valence-electron chi connectivity index (χ4n) is 5.65. The van der Waals surface area contributed by atoms with Crippen molar-refractivity contribution < 1.29 is 9.59 Å². The van der Waals surface area contributed by atoms with Gasteiger partial charge in [-0.3, -0.25) is 9.59 Å². The molecule has 0 bridgehead atoms. The maximum Gasteiger partial charge on any atom is 0.271 e. The maximum atomic E-state index is 13.1. The zero-order valence-corrected chi connectivity index (χ0v) is 25.8. The molecule has 2 atom stereocenters. The van der Waals surface area contributed by atoms with Crippen LogP contribution in [0.2, 0.25) is 0 Å². The maximum absolute atomic E-state index is 13.1. The van der Waals surface area contributed by atoms with Crippen molar-refractivity contribution in [1.29, 1.82) is 0 Å². The Morgan fingerprint density at radius 3 is 2.30 bits per heavy atom. The first-order valence-corrected chi connectivity index (χ1v) is 15.0. The third-order valence-electron chi connectivity index (χ3n) is 8.47. The Bertz CT molecular complexity index is 1430. The number of piperidine rings is 1. The van der Waals surface area contributed by atoms with E-state index in [0.29, 0.717) is 17.2 Å². The van der Waals surface area contributed by atoms with Crippen LogP contribution in [0.5, 0.6) is 0 Å². The van der Waals surface area contributed by atoms with Crippen LogP contribution in [0.1, 0.15) is 66.9 Å². The first-order chi connectivity index (χ1) is 20.5. The Morgan fingerprint density at radius 1 is 0.953 bits per heavy atom. The number of primary amides is 1. The molecule has 0 unspecified atom stereocenters. The second-order valence-electron chi connectivity index (χ2n) is 12.6. The van der Waals surface area contributed by atoms with Crippen molar-refractivity contribution in [3.63, 3.8) is 0 Å². The summed E-state index contributed by atoms with van der Waals surface area (Å²) in [4.78, 5) is 45.8. The minimum absolute atomic E-state index is 0.0241. The van der Waals surface area contributed by atoms with Gasteiger partial charge in [-0.1, -0.05) is 32.9 Å². The molecule has 0 saturated carbocycles. The fraction of sp³-hybridized carbons (Fsp3) is 0.469. The Balaban J connectivity index is 1.29. The number of anilines is 4. The number of amides is 2. The molecule has 11 heteroatoms. The predicted molar refractivity (Wildman–Crippen MR) is 170 cm³/mol. The molecule has 4 N–H and O–H groups in total. The van der Waals surface area contributed by atoms with Gasteiger partial charge in [0.05, 0.1) is 18.1 Å². The van der Waals surface area contributed by atoms with Gasteiger partial charge >= 0.3 is 0 Å². The Labute approximate surface area is 253 Å². The van der Waals surface area contributed by atoms with Crippen LogP contribution in [0, 0.1) is 0 Å². The molecule has 2 fully saturated rings. The lowest BCUT2D eigenvalue weighted by Crippen LogP contribution is -2.54. The van der Waals surface area contributed by atoms with Gasteiger partial charge in [0, 0.05) is 50.4 Å². The van der Waals surface area contributed by atoms with Crippen LogP contribution >= 0.6 is 0 Å². The molecule has 2 saturated heterocycles. The van der Waals surface area contributed by atoms with Gasteiger partial charge in [-0.2, -0.15) is 0 Å². The van der Waals surface area contributed by atoms with Gasteiger partial charge in [0.25, 0.3) is 11.8 Å². The molecule has 1 aromatic carbocycles. The van der Waals surface area contributed by atoms with Crippen LogP contribution in [-0.2, 0) is 5.41 Å². The number of hydrogen-bond acceptors (Lipinski definition) is 9. The summed E-state index contributed by atoms with van der Waals surface area (Å²) in [5.74, 6) is 0.624. The Hall–Kier alpha value is -4.25. The van der Waals surface area contributed by atoms with Crippen LogP contribution < -0.4 is 26.2 Å². The van der Waals surface area contributed by atoms with Crippen LogP contribution in [0.4, 0.5) is 23.1 Å². The number of piperazine rings is 1. The topological polar surface area (TPSA) is 133 Å². The number of carbonyl (C=O) groups is 2. The summed E-state index contributed by atoms with van der Waals surface area (Å²) in [6, 6.07) is 11.6. The minimum Gasteiger partial charge on any atom is -0.368 e. The molecule has 43 heavy (non-hydrogen) atoms. The third-order valence-corrected chi connectivity index (χ3v) is 8.47. The van der Waals surface area contributed by atoms with Crippen LogP contribution in [0.25, 0.3) is 0 Å². The molecule has 0 aliphatic carbocycles. The Morgan fingerprint density at radius 2 is 1.67 bits per heavy atom. The number of pyridine rings is 1. The smallest absolute Gasteiger partial charge is 0.271 e. The molecule has 0 spiro atoms. The highest BCUT2D eigenvalue weighted by Gasteiger charge is 2.31. The highest BCUT2D eigenvalue weighted by Crippen LogP contribution is 2.27. The van der Waals surface area contributed by atoms with E-state index in [9.17, 15) is 9.59 Å². The van der Waals surface area contributed by atoms with E-state index in [0.717, 1.165) is 51.3 Å². The van der Waals surface area contributed by atoms with Gasteiger partial charge in [0.2, 0.25) is 0 Å². The SMILES string of the molecule is C[C@@H]1[C@H](NC(=O)c2ccc(C(C)(C)C)cc2)CCCN1c1cnc(C(N)=O)c(Nc2ccc(N3CCN(C)CC3)cn2)n1. The van der Waals surface area contributed by atoms with Crippen LogP contribution in [0.15, 0.2) is 48.8 Å². The minimum atomic E-state index is -0.676. The van der Waals surface area contributed by atoms with E-state index in [4.69, 9.17) is 10.7 Å². The summed E-state index contributed by atoms with van der Waals surface area (Å²) in [6.07, 6.45) is 5.12. The van der Waals surface area contributed by atoms with Crippen molar-refractivity contribution in [2.75, 3.05) is 54.9 Å². The van der Waals surface area contributed by atoms with Crippen LogP contribution in [-0.4, -0.2) is 83.5 Å². The number of benzene rings is 1.